The zero-order valence-electron chi connectivity index (χ0n) is 8.83. The molecule has 1 aromatic rings. The monoisotopic (exact) mass is 191 g/mol. The van der Waals surface area contributed by atoms with E-state index < -0.39 is 5.97 Å². The van der Waals surface area contributed by atoms with Gasteiger partial charge < -0.3 is 9.90 Å². The Kier molecular flexibility index (Phi) is 2.94. The number of carbonyl (C=O) groups excluding carboxylic acids is 1. The van der Waals surface area contributed by atoms with Gasteiger partial charge in [0.1, 0.15) is 0 Å². The van der Waals surface area contributed by atoms with Gasteiger partial charge in [0.25, 0.3) is 0 Å². The molecule has 0 saturated carbocycles. The first kappa shape index (κ1) is 10.8. The van der Waals surface area contributed by atoms with E-state index in [2.05, 4.69) is 20.8 Å². The van der Waals surface area contributed by atoms with Crippen LogP contribution >= 0.6 is 0 Å². The summed E-state index contributed by atoms with van der Waals surface area (Å²) in [5.41, 5.74) is 1.24. The molecule has 0 radical (unpaired) electrons. The van der Waals surface area contributed by atoms with E-state index in [9.17, 15) is 9.90 Å². The van der Waals surface area contributed by atoms with E-state index in [0.29, 0.717) is 5.56 Å². The van der Waals surface area contributed by atoms with Crippen molar-refractivity contribution >= 4 is 5.97 Å². The molecule has 0 heterocycles. The lowest BCUT2D eigenvalue weighted by Gasteiger charge is -2.20. The van der Waals surface area contributed by atoms with Crippen LogP contribution in [-0.2, 0) is 6.42 Å². The van der Waals surface area contributed by atoms with Gasteiger partial charge in [-0.3, -0.25) is 0 Å². The minimum Gasteiger partial charge on any atom is -0.545 e. The van der Waals surface area contributed by atoms with E-state index in [1.54, 1.807) is 12.1 Å². The van der Waals surface area contributed by atoms with Gasteiger partial charge in [0.15, 0.2) is 0 Å². The first-order valence-electron chi connectivity index (χ1n) is 4.69. The fourth-order valence-electron chi connectivity index (χ4n) is 1.44. The van der Waals surface area contributed by atoms with Crippen LogP contribution in [0.2, 0.25) is 0 Å². The van der Waals surface area contributed by atoms with Crippen molar-refractivity contribution in [1.82, 2.24) is 0 Å². The predicted molar refractivity (Wildman–Crippen MR) is 53.9 cm³/mol. The van der Waals surface area contributed by atoms with Crippen molar-refractivity contribution in [3.05, 3.63) is 35.4 Å². The summed E-state index contributed by atoms with van der Waals surface area (Å²) in [7, 11) is 0. The molecule has 0 aliphatic rings. The molecule has 0 bridgehead atoms. The van der Waals surface area contributed by atoms with Crippen molar-refractivity contribution in [2.24, 2.45) is 5.41 Å². The van der Waals surface area contributed by atoms with Crippen LogP contribution in [0.1, 0.15) is 36.7 Å². The Bertz CT molecular complexity index is 334. The standard InChI is InChI=1S/C12H16O2/c1-12(2,3)8-9-6-4-5-7-10(9)11(13)14/h4-7H,8H2,1-3H3,(H,13,14)/p-1. The van der Waals surface area contributed by atoms with Gasteiger partial charge >= 0.3 is 0 Å². The van der Waals surface area contributed by atoms with Crippen LogP contribution in [0.25, 0.3) is 0 Å². The Hall–Kier alpha value is -1.31. The van der Waals surface area contributed by atoms with E-state index in [-0.39, 0.29) is 5.41 Å². The lowest BCUT2D eigenvalue weighted by atomic mass is 9.86. The molecule has 76 valence electrons. The summed E-state index contributed by atoms with van der Waals surface area (Å²) >= 11 is 0. The minimum atomic E-state index is -1.09. The van der Waals surface area contributed by atoms with E-state index in [1.807, 2.05) is 12.1 Å². The number of carboxylic acids is 1. The van der Waals surface area contributed by atoms with Gasteiger partial charge in [0.2, 0.25) is 0 Å². The fourth-order valence-corrected chi connectivity index (χ4v) is 1.44. The molecule has 0 N–H and O–H groups in total. The largest absolute Gasteiger partial charge is 0.545 e. The summed E-state index contributed by atoms with van der Waals surface area (Å²) in [5, 5.41) is 10.8. The summed E-state index contributed by atoms with van der Waals surface area (Å²) in [6.07, 6.45) is 0.747. The summed E-state index contributed by atoms with van der Waals surface area (Å²) in [6, 6.07) is 7.01. The zero-order chi connectivity index (χ0) is 10.8. The second-order valence-corrected chi connectivity index (χ2v) is 4.68. The molecule has 0 unspecified atom stereocenters. The molecule has 0 aliphatic heterocycles. The number of rotatable bonds is 2. The molecule has 0 aromatic heterocycles. The minimum absolute atomic E-state index is 0.0888. The Morgan fingerprint density at radius 1 is 1.29 bits per heavy atom. The van der Waals surface area contributed by atoms with Crippen LogP contribution in [0.3, 0.4) is 0 Å². The lowest BCUT2D eigenvalue weighted by molar-refractivity contribution is -0.255. The molecule has 1 rings (SSSR count). The van der Waals surface area contributed by atoms with Crippen molar-refractivity contribution in [2.45, 2.75) is 27.2 Å². The predicted octanol–water partition coefficient (Wildman–Crippen LogP) is 1.64. The number of carbonyl (C=O) groups is 1. The van der Waals surface area contributed by atoms with Gasteiger partial charge in [-0.2, -0.15) is 0 Å². The molecular formula is C12H15O2-. The van der Waals surface area contributed by atoms with Gasteiger partial charge in [-0.1, -0.05) is 45.0 Å². The maximum absolute atomic E-state index is 10.8. The summed E-state index contributed by atoms with van der Waals surface area (Å²) in [4.78, 5) is 10.8. The van der Waals surface area contributed by atoms with E-state index in [4.69, 9.17) is 0 Å². The lowest BCUT2D eigenvalue weighted by Crippen LogP contribution is -2.25. The third-order valence-corrected chi connectivity index (χ3v) is 1.96. The number of aromatic carboxylic acids is 1. The molecule has 0 amide bonds. The SMILES string of the molecule is CC(C)(C)Cc1ccccc1C(=O)[O-]. The highest BCUT2D eigenvalue weighted by atomic mass is 16.4. The maximum Gasteiger partial charge on any atom is 0.0718 e. The van der Waals surface area contributed by atoms with Gasteiger partial charge in [0, 0.05) is 5.56 Å². The summed E-state index contributed by atoms with van der Waals surface area (Å²) in [6.45, 7) is 6.25. The van der Waals surface area contributed by atoms with Crippen molar-refractivity contribution in [3.8, 4) is 0 Å². The van der Waals surface area contributed by atoms with Crippen molar-refractivity contribution < 1.29 is 9.90 Å². The van der Waals surface area contributed by atoms with Gasteiger partial charge in [-0.25, -0.2) is 0 Å². The second kappa shape index (κ2) is 3.82. The Labute approximate surface area is 84.6 Å². The number of benzene rings is 1. The number of hydrogen-bond donors (Lipinski definition) is 0. The second-order valence-electron chi connectivity index (χ2n) is 4.68. The third kappa shape index (κ3) is 2.87. The highest BCUT2D eigenvalue weighted by Gasteiger charge is 2.13. The smallest absolute Gasteiger partial charge is 0.0718 e. The van der Waals surface area contributed by atoms with Crippen molar-refractivity contribution in [1.29, 1.82) is 0 Å². The van der Waals surface area contributed by atoms with Crippen LogP contribution < -0.4 is 5.11 Å². The number of hydrogen-bond acceptors (Lipinski definition) is 2. The molecule has 0 spiro atoms. The van der Waals surface area contributed by atoms with Crippen LogP contribution in [0.4, 0.5) is 0 Å². The topological polar surface area (TPSA) is 40.1 Å². The van der Waals surface area contributed by atoms with Crippen molar-refractivity contribution in [2.75, 3.05) is 0 Å². The quantitative estimate of drug-likeness (QED) is 0.713. The van der Waals surface area contributed by atoms with Crippen LogP contribution in [-0.4, -0.2) is 5.97 Å². The molecule has 1 aromatic carbocycles. The molecule has 0 saturated heterocycles. The first-order valence-corrected chi connectivity index (χ1v) is 4.69. The average Bonchev–Trinajstić information content (AvgIpc) is 2.01. The van der Waals surface area contributed by atoms with Crippen LogP contribution in [0, 0.1) is 5.41 Å². The third-order valence-electron chi connectivity index (χ3n) is 1.96. The van der Waals surface area contributed by atoms with Gasteiger partial charge in [-0.05, 0) is 17.4 Å². The fraction of sp³-hybridized carbons (Fsp3) is 0.417. The Balaban J connectivity index is 3.02. The van der Waals surface area contributed by atoms with Crippen LogP contribution in [0.5, 0.6) is 0 Å². The van der Waals surface area contributed by atoms with Crippen molar-refractivity contribution in [3.63, 3.8) is 0 Å². The molecule has 2 nitrogen and oxygen atoms in total. The summed E-state index contributed by atoms with van der Waals surface area (Å²) in [5.74, 6) is -1.09. The molecule has 0 atom stereocenters. The number of carboxylic acid groups (broad SMARTS) is 1. The normalized spacial score (nSPS) is 11.4. The average molecular weight is 191 g/mol. The highest BCUT2D eigenvalue weighted by Crippen LogP contribution is 2.22. The Morgan fingerprint density at radius 3 is 2.36 bits per heavy atom. The van der Waals surface area contributed by atoms with E-state index in [0.717, 1.165) is 12.0 Å². The van der Waals surface area contributed by atoms with Gasteiger partial charge in [0.05, 0.1) is 5.97 Å². The van der Waals surface area contributed by atoms with E-state index in [1.165, 1.54) is 0 Å². The zero-order valence-corrected chi connectivity index (χ0v) is 8.83. The molecule has 14 heavy (non-hydrogen) atoms. The maximum atomic E-state index is 10.8. The molecular weight excluding hydrogens is 176 g/mol. The Morgan fingerprint density at radius 2 is 1.86 bits per heavy atom. The summed E-state index contributed by atoms with van der Waals surface area (Å²) < 4.78 is 0. The first-order chi connectivity index (χ1) is 6.40. The molecule has 0 aliphatic carbocycles. The van der Waals surface area contributed by atoms with Crippen LogP contribution in [0.15, 0.2) is 24.3 Å². The molecule has 0 fully saturated rings. The van der Waals surface area contributed by atoms with Gasteiger partial charge in [-0.15, -0.1) is 0 Å². The highest BCUT2D eigenvalue weighted by molar-refractivity contribution is 5.87. The molecule has 2 heteroatoms. The van der Waals surface area contributed by atoms with E-state index >= 15 is 0 Å².